The molecule has 1 aliphatic heterocycles. The average molecular weight is 278 g/mol. The Morgan fingerprint density at radius 2 is 1.85 bits per heavy atom. The smallest absolute Gasteiger partial charge is 0.470 e. The van der Waals surface area contributed by atoms with E-state index in [2.05, 4.69) is 4.98 Å². The molecule has 0 spiro atoms. The van der Waals surface area contributed by atoms with E-state index in [1.165, 1.54) is 17.1 Å². The van der Waals surface area contributed by atoms with Crippen LogP contribution < -0.4 is 5.59 Å². The molecule has 3 rings (SSSR count). The number of imidazole rings is 1. The van der Waals surface area contributed by atoms with Gasteiger partial charge in [-0.15, -0.1) is 0 Å². The largest absolute Gasteiger partial charge is 0.516 e. The average Bonchev–Trinajstić information content (AvgIpc) is 2.98. The van der Waals surface area contributed by atoms with Gasteiger partial charge < -0.3 is 13.7 Å². The van der Waals surface area contributed by atoms with Crippen LogP contribution in [-0.2, 0) is 9.31 Å². The quantitative estimate of drug-likeness (QED) is 0.787. The Balaban J connectivity index is 1.92. The molecule has 5 nitrogen and oxygen atoms in total. The Morgan fingerprint density at radius 1 is 1.20 bits per heavy atom. The topological polar surface area (TPSA) is 49.4 Å². The number of furan rings is 1. The fraction of sp³-hybridized carbons (Fsp3) is 0.462. The monoisotopic (exact) mass is 278 g/mol. The van der Waals surface area contributed by atoms with Crippen LogP contribution in [0.15, 0.2) is 29.2 Å². The minimum absolute atomic E-state index is 0.405. The lowest BCUT2D eigenvalue weighted by Gasteiger charge is -2.32. The van der Waals surface area contributed by atoms with Crippen molar-refractivity contribution in [2.45, 2.75) is 38.9 Å². The number of aromatic nitrogens is 2. The Labute approximate surface area is 116 Å². The number of hydrogen-bond donors (Lipinski definition) is 0. The summed E-state index contributed by atoms with van der Waals surface area (Å²) in [5.74, 6) is 0. The lowest BCUT2D eigenvalue weighted by Crippen LogP contribution is -2.41. The number of halogens is 1. The zero-order valence-corrected chi connectivity index (χ0v) is 11.9. The highest BCUT2D eigenvalue weighted by molar-refractivity contribution is 6.61. The number of nitrogens with zero attached hydrogens (tertiary/aromatic N) is 2. The molecular weight excluding hydrogens is 262 g/mol. The maximum Gasteiger partial charge on any atom is 0.516 e. The molecule has 3 heterocycles. The van der Waals surface area contributed by atoms with E-state index in [0.717, 1.165) is 0 Å². The second-order valence-corrected chi connectivity index (χ2v) is 5.87. The first-order valence-electron chi connectivity index (χ1n) is 6.43. The highest BCUT2D eigenvalue weighted by Crippen LogP contribution is 2.36. The SMILES string of the molecule is CC1(C)OB(c2cn(-c3ccoc3)c(F)n2)OC1(C)C. The molecule has 106 valence electrons. The van der Waals surface area contributed by atoms with Crippen molar-refractivity contribution in [1.82, 2.24) is 9.55 Å². The van der Waals surface area contributed by atoms with E-state index in [4.69, 9.17) is 13.7 Å². The maximum absolute atomic E-state index is 13.9. The third-order valence-corrected chi connectivity index (χ3v) is 3.96. The summed E-state index contributed by atoms with van der Waals surface area (Å²) in [5.41, 5.74) is 0.0151. The van der Waals surface area contributed by atoms with Crippen LogP contribution in [0.5, 0.6) is 0 Å². The summed E-state index contributed by atoms with van der Waals surface area (Å²) >= 11 is 0. The van der Waals surface area contributed by atoms with Crippen molar-refractivity contribution in [3.05, 3.63) is 30.9 Å². The first kappa shape index (κ1) is 13.4. The fourth-order valence-electron chi connectivity index (χ4n) is 2.03. The minimum Gasteiger partial charge on any atom is -0.470 e. The normalized spacial score (nSPS) is 20.6. The van der Waals surface area contributed by atoms with Gasteiger partial charge in [-0.25, -0.2) is 4.98 Å². The third kappa shape index (κ3) is 1.97. The van der Waals surface area contributed by atoms with Gasteiger partial charge in [0.25, 0.3) is 6.08 Å². The lowest BCUT2D eigenvalue weighted by atomic mass is 9.86. The summed E-state index contributed by atoms with van der Waals surface area (Å²) in [5, 5.41) is 0. The van der Waals surface area contributed by atoms with Crippen LogP contribution >= 0.6 is 0 Å². The predicted molar refractivity (Wildman–Crippen MR) is 71.5 cm³/mol. The Kier molecular flexibility index (Phi) is 2.81. The van der Waals surface area contributed by atoms with Crippen molar-refractivity contribution in [3.8, 4) is 5.69 Å². The standard InChI is InChI=1S/C13H16BFN2O3/c1-12(2)13(3,4)20-14(19-12)10-7-17(11(15)16-10)9-5-6-18-8-9/h5-8H,1-4H3. The molecule has 2 aromatic heterocycles. The van der Waals surface area contributed by atoms with Gasteiger partial charge in [-0.2, -0.15) is 4.39 Å². The molecule has 0 saturated carbocycles. The summed E-state index contributed by atoms with van der Waals surface area (Å²) in [6.07, 6.45) is 3.85. The van der Waals surface area contributed by atoms with Crippen LogP contribution in [0.3, 0.4) is 0 Å². The fourth-order valence-corrected chi connectivity index (χ4v) is 2.03. The van der Waals surface area contributed by atoms with Gasteiger partial charge in [0.2, 0.25) is 0 Å². The van der Waals surface area contributed by atoms with Gasteiger partial charge in [-0.05, 0) is 27.7 Å². The van der Waals surface area contributed by atoms with Crippen LogP contribution in [0, 0.1) is 6.08 Å². The van der Waals surface area contributed by atoms with Gasteiger partial charge in [-0.1, -0.05) is 0 Å². The molecule has 7 heteroatoms. The van der Waals surface area contributed by atoms with Crippen LogP contribution in [0.2, 0.25) is 0 Å². The van der Waals surface area contributed by atoms with E-state index < -0.39 is 24.4 Å². The van der Waals surface area contributed by atoms with Gasteiger partial charge in [0, 0.05) is 12.3 Å². The van der Waals surface area contributed by atoms with Gasteiger partial charge in [0.1, 0.15) is 6.26 Å². The molecule has 0 radical (unpaired) electrons. The van der Waals surface area contributed by atoms with Crippen molar-refractivity contribution in [2.24, 2.45) is 0 Å². The van der Waals surface area contributed by atoms with Crippen LogP contribution in [0.4, 0.5) is 4.39 Å². The molecule has 1 fully saturated rings. The van der Waals surface area contributed by atoms with Crippen molar-refractivity contribution >= 4 is 12.7 Å². The molecule has 0 aromatic carbocycles. The molecule has 0 bridgehead atoms. The maximum atomic E-state index is 13.9. The molecule has 1 aliphatic rings. The van der Waals surface area contributed by atoms with Gasteiger partial charge >= 0.3 is 7.12 Å². The lowest BCUT2D eigenvalue weighted by molar-refractivity contribution is 0.00578. The van der Waals surface area contributed by atoms with Gasteiger partial charge in [0.15, 0.2) is 0 Å². The number of rotatable bonds is 2. The van der Waals surface area contributed by atoms with Crippen molar-refractivity contribution < 1.29 is 18.1 Å². The number of hydrogen-bond acceptors (Lipinski definition) is 4. The molecule has 0 unspecified atom stereocenters. The summed E-state index contributed by atoms with van der Waals surface area (Å²) in [6, 6.07) is 1.65. The van der Waals surface area contributed by atoms with Crippen molar-refractivity contribution in [1.29, 1.82) is 0 Å². The zero-order valence-electron chi connectivity index (χ0n) is 11.9. The van der Waals surface area contributed by atoms with E-state index in [-0.39, 0.29) is 0 Å². The van der Waals surface area contributed by atoms with E-state index in [0.29, 0.717) is 11.3 Å². The second-order valence-electron chi connectivity index (χ2n) is 5.87. The summed E-state index contributed by atoms with van der Waals surface area (Å²) < 4.78 is 31.8. The molecule has 0 amide bonds. The third-order valence-electron chi connectivity index (χ3n) is 3.96. The first-order valence-corrected chi connectivity index (χ1v) is 6.43. The Bertz CT molecular complexity index is 606. The van der Waals surface area contributed by atoms with E-state index in [1.54, 1.807) is 12.3 Å². The zero-order chi connectivity index (χ0) is 14.5. The van der Waals surface area contributed by atoms with Crippen molar-refractivity contribution in [3.63, 3.8) is 0 Å². The van der Waals surface area contributed by atoms with Gasteiger partial charge in [-0.3, -0.25) is 4.57 Å². The first-order chi connectivity index (χ1) is 9.30. The van der Waals surface area contributed by atoms with E-state index in [1.807, 2.05) is 27.7 Å². The summed E-state index contributed by atoms with van der Waals surface area (Å²) in [4.78, 5) is 3.88. The molecule has 0 aliphatic carbocycles. The molecule has 1 saturated heterocycles. The summed E-state index contributed by atoms with van der Waals surface area (Å²) in [6.45, 7) is 7.76. The van der Waals surface area contributed by atoms with Crippen LogP contribution in [0.25, 0.3) is 5.69 Å². The highest BCUT2D eigenvalue weighted by Gasteiger charge is 2.52. The second kappa shape index (κ2) is 4.20. The van der Waals surface area contributed by atoms with E-state index >= 15 is 0 Å². The Hall–Kier alpha value is -1.60. The minimum atomic E-state index is -0.678. The molecule has 2 aromatic rings. The predicted octanol–water partition coefficient (Wildman–Crippen LogP) is 1.90. The van der Waals surface area contributed by atoms with Crippen molar-refractivity contribution in [2.75, 3.05) is 0 Å². The Morgan fingerprint density at radius 3 is 2.40 bits per heavy atom. The molecular formula is C13H16BFN2O3. The van der Waals surface area contributed by atoms with Gasteiger partial charge in [0.05, 0.1) is 28.7 Å². The van der Waals surface area contributed by atoms with E-state index in [9.17, 15) is 4.39 Å². The molecule has 20 heavy (non-hydrogen) atoms. The summed E-state index contributed by atoms with van der Waals surface area (Å²) in [7, 11) is -0.678. The highest BCUT2D eigenvalue weighted by atomic mass is 19.1. The van der Waals surface area contributed by atoms with Crippen LogP contribution in [-0.4, -0.2) is 27.9 Å². The molecule has 0 N–H and O–H groups in total. The molecule has 0 atom stereocenters. The van der Waals surface area contributed by atoms with Crippen LogP contribution in [0.1, 0.15) is 27.7 Å².